The Hall–Kier alpha value is -3.88. The molecule has 144 valence electrons. The van der Waals surface area contributed by atoms with E-state index < -0.39 is 0 Å². The fraction of sp³-hybridized carbons (Fsp3) is 0.0500. The minimum Gasteiger partial charge on any atom is -0.457 e. The van der Waals surface area contributed by atoms with Crippen molar-refractivity contribution in [2.45, 2.75) is 0 Å². The van der Waals surface area contributed by atoms with Crippen molar-refractivity contribution in [1.29, 1.82) is 0 Å². The predicted molar refractivity (Wildman–Crippen MR) is 112 cm³/mol. The minimum absolute atomic E-state index is 0.266. The Labute approximate surface area is 166 Å². The van der Waals surface area contributed by atoms with Crippen LogP contribution in [0, 0.1) is 5.82 Å². The molecule has 0 spiro atoms. The summed E-state index contributed by atoms with van der Waals surface area (Å²) in [4.78, 5) is 23.3. The third-order valence-electron chi connectivity index (χ3n) is 4.32. The van der Waals surface area contributed by atoms with Crippen LogP contribution in [0.15, 0.2) is 54.7 Å². The van der Waals surface area contributed by atoms with E-state index in [-0.39, 0.29) is 17.4 Å². The van der Waals surface area contributed by atoms with Gasteiger partial charge in [0, 0.05) is 31.1 Å². The summed E-state index contributed by atoms with van der Waals surface area (Å²) in [6.07, 6.45) is 1.51. The van der Waals surface area contributed by atoms with Crippen LogP contribution in [0.5, 0.6) is 11.5 Å². The number of carbonyl (C=O) groups is 1. The fourth-order valence-electron chi connectivity index (χ4n) is 2.78. The highest BCUT2D eigenvalue weighted by molar-refractivity contribution is 6.32. The van der Waals surface area contributed by atoms with Crippen molar-refractivity contribution in [1.82, 2.24) is 20.3 Å². The number of aromatic nitrogens is 3. The largest absolute Gasteiger partial charge is 0.457 e. The van der Waals surface area contributed by atoms with Crippen molar-refractivity contribution in [3.63, 3.8) is 0 Å². The van der Waals surface area contributed by atoms with E-state index in [2.05, 4.69) is 25.6 Å². The number of anilines is 2. The summed E-state index contributed by atoms with van der Waals surface area (Å²) in [6.45, 7) is 0. The molecule has 0 fully saturated rings. The van der Waals surface area contributed by atoms with Gasteiger partial charge >= 0.3 is 0 Å². The van der Waals surface area contributed by atoms with Crippen LogP contribution >= 0.6 is 0 Å². The number of aromatic amines is 1. The van der Waals surface area contributed by atoms with Crippen LogP contribution in [0.1, 0.15) is 10.5 Å². The standard InChI is InChI=1S/C20H17BFN5O2/c1-23-19(28)18-10-13(6-7-24-18)29-12-3-5-16-17(9-12)27-20(26-16)25-11-2-4-14(21)15(22)8-11/h2-10H,21H2,1H3,(H,23,28)(H2,25,26,27). The number of H-pyrrole nitrogens is 1. The van der Waals surface area contributed by atoms with Crippen molar-refractivity contribution in [2.24, 2.45) is 0 Å². The van der Waals surface area contributed by atoms with E-state index in [1.807, 2.05) is 6.07 Å². The van der Waals surface area contributed by atoms with E-state index in [0.29, 0.717) is 34.1 Å². The Morgan fingerprint density at radius 2 is 1.97 bits per heavy atom. The van der Waals surface area contributed by atoms with Crippen LogP contribution < -0.4 is 20.8 Å². The molecule has 4 rings (SSSR count). The molecule has 3 N–H and O–H groups in total. The number of benzene rings is 2. The molecule has 1 amide bonds. The SMILES string of the molecule is Bc1ccc(Nc2nc3cc(Oc4ccnc(C(=O)NC)c4)ccc3[nH]2)cc1F. The van der Waals surface area contributed by atoms with Crippen molar-refractivity contribution >= 4 is 41.9 Å². The fourth-order valence-corrected chi connectivity index (χ4v) is 2.78. The zero-order chi connectivity index (χ0) is 20.4. The molecule has 2 aromatic heterocycles. The van der Waals surface area contributed by atoms with Crippen LogP contribution in [-0.4, -0.2) is 35.8 Å². The van der Waals surface area contributed by atoms with Gasteiger partial charge in [-0.3, -0.25) is 9.78 Å². The summed E-state index contributed by atoms with van der Waals surface area (Å²) in [5, 5.41) is 5.58. The molecule has 2 aromatic carbocycles. The van der Waals surface area contributed by atoms with Gasteiger partial charge in [0.25, 0.3) is 5.91 Å². The zero-order valence-corrected chi connectivity index (χ0v) is 15.8. The lowest BCUT2D eigenvalue weighted by atomic mass is 9.95. The second kappa shape index (κ2) is 7.63. The molecule has 4 aromatic rings. The smallest absolute Gasteiger partial charge is 0.269 e. The molecular weight excluding hydrogens is 372 g/mol. The summed E-state index contributed by atoms with van der Waals surface area (Å²) in [5.74, 6) is 0.968. The summed E-state index contributed by atoms with van der Waals surface area (Å²) in [7, 11) is 3.25. The number of carbonyl (C=O) groups excluding carboxylic acids is 1. The molecule has 0 saturated heterocycles. The maximum Gasteiger partial charge on any atom is 0.269 e. The number of hydrogen-bond acceptors (Lipinski definition) is 5. The average molecular weight is 389 g/mol. The zero-order valence-electron chi connectivity index (χ0n) is 15.8. The Bertz CT molecular complexity index is 1210. The Kier molecular flexibility index (Phi) is 4.86. The predicted octanol–water partition coefficient (Wildman–Crippen LogP) is 2.25. The quantitative estimate of drug-likeness (QED) is 0.456. The first kappa shape index (κ1) is 18.5. The van der Waals surface area contributed by atoms with Crippen molar-refractivity contribution in [3.8, 4) is 11.5 Å². The van der Waals surface area contributed by atoms with Crippen molar-refractivity contribution in [2.75, 3.05) is 12.4 Å². The molecule has 2 heterocycles. The van der Waals surface area contributed by atoms with Gasteiger partial charge in [0.05, 0.1) is 11.0 Å². The number of amides is 1. The van der Waals surface area contributed by atoms with E-state index in [4.69, 9.17) is 4.74 Å². The first-order valence-electron chi connectivity index (χ1n) is 8.91. The molecule has 7 nitrogen and oxygen atoms in total. The molecule has 0 unspecified atom stereocenters. The van der Waals surface area contributed by atoms with E-state index >= 15 is 0 Å². The molecule has 0 radical (unpaired) electrons. The number of rotatable bonds is 5. The highest BCUT2D eigenvalue weighted by atomic mass is 19.1. The molecule has 0 aliphatic heterocycles. The second-order valence-electron chi connectivity index (χ2n) is 6.41. The summed E-state index contributed by atoms with van der Waals surface area (Å²) in [5.41, 5.74) is 2.92. The van der Waals surface area contributed by atoms with E-state index in [1.54, 1.807) is 51.3 Å². The number of hydrogen-bond donors (Lipinski definition) is 3. The number of nitrogens with zero attached hydrogens (tertiary/aromatic N) is 2. The molecule has 0 bridgehead atoms. The van der Waals surface area contributed by atoms with Gasteiger partial charge in [-0.25, -0.2) is 9.37 Å². The van der Waals surface area contributed by atoms with E-state index in [1.165, 1.54) is 12.3 Å². The third-order valence-corrected chi connectivity index (χ3v) is 4.32. The van der Waals surface area contributed by atoms with Gasteiger partial charge in [-0.1, -0.05) is 11.5 Å². The van der Waals surface area contributed by atoms with Crippen LogP contribution in [0.2, 0.25) is 0 Å². The van der Waals surface area contributed by atoms with Gasteiger partial charge in [0.2, 0.25) is 5.95 Å². The molecular formula is C20H17BFN5O2. The number of ether oxygens (including phenoxy) is 1. The second-order valence-corrected chi connectivity index (χ2v) is 6.41. The first-order valence-corrected chi connectivity index (χ1v) is 8.91. The summed E-state index contributed by atoms with van der Waals surface area (Å²) >= 11 is 0. The molecule has 0 saturated carbocycles. The molecule has 29 heavy (non-hydrogen) atoms. The monoisotopic (exact) mass is 389 g/mol. The van der Waals surface area contributed by atoms with E-state index in [0.717, 1.165) is 5.52 Å². The van der Waals surface area contributed by atoms with Crippen LogP contribution in [0.25, 0.3) is 11.0 Å². The molecule has 0 aliphatic carbocycles. The average Bonchev–Trinajstić information content (AvgIpc) is 3.12. The number of halogens is 1. The van der Waals surface area contributed by atoms with Crippen LogP contribution in [0.3, 0.4) is 0 Å². The molecule has 0 aliphatic rings. The van der Waals surface area contributed by atoms with Gasteiger partial charge in [0.1, 0.15) is 30.9 Å². The van der Waals surface area contributed by atoms with Gasteiger partial charge < -0.3 is 20.4 Å². The van der Waals surface area contributed by atoms with Gasteiger partial charge in [-0.15, -0.1) is 0 Å². The Balaban J connectivity index is 1.55. The van der Waals surface area contributed by atoms with Gasteiger partial charge in [0.15, 0.2) is 0 Å². The Morgan fingerprint density at radius 3 is 2.76 bits per heavy atom. The van der Waals surface area contributed by atoms with E-state index in [9.17, 15) is 9.18 Å². The van der Waals surface area contributed by atoms with Gasteiger partial charge in [-0.2, -0.15) is 0 Å². The first-order chi connectivity index (χ1) is 14.0. The number of pyridine rings is 1. The molecule has 9 heteroatoms. The lowest BCUT2D eigenvalue weighted by Gasteiger charge is -2.06. The van der Waals surface area contributed by atoms with Gasteiger partial charge in [-0.05, 0) is 30.3 Å². The number of imidazole rings is 1. The van der Waals surface area contributed by atoms with Crippen molar-refractivity contribution in [3.05, 3.63) is 66.2 Å². The normalized spacial score (nSPS) is 10.7. The van der Waals surface area contributed by atoms with Crippen LogP contribution in [-0.2, 0) is 0 Å². The highest BCUT2D eigenvalue weighted by Gasteiger charge is 2.09. The number of fused-ring (bicyclic) bond motifs is 1. The Morgan fingerprint density at radius 1 is 1.14 bits per heavy atom. The maximum absolute atomic E-state index is 13.7. The maximum atomic E-state index is 13.7. The summed E-state index contributed by atoms with van der Waals surface area (Å²) < 4.78 is 19.6. The molecule has 0 atom stereocenters. The van der Waals surface area contributed by atoms with Crippen LogP contribution in [0.4, 0.5) is 16.0 Å². The minimum atomic E-state index is -0.290. The topological polar surface area (TPSA) is 91.9 Å². The summed E-state index contributed by atoms with van der Waals surface area (Å²) in [6, 6.07) is 13.5. The van der Waals surface area contributed by atoms with Crippen molar-refractivity contribution < 1.29 is 13.9 Å². The lowest BCUT2D eigenvalue weighted by molar-refractivity contribution is 0.0958. The lowest BCUT2D eigenvalue weighted by Crippen LogP contribution is -2.18. The third kappa shape index (κ3) is 4.03. The number of nitrogens with one attached hydrogen (secondary N) is 3. The highest BCUT2D eigenvalue weighted by Crippen LogP contribution is 2.26.